The summed E-state index contributed by atoms with van der Waals surface area (Å²) in [5.41, 5.74) is 4.97. The van der Waals surface area contributed by atoms with Gasteiger partial charge in [0.15, 0.2) is 12.2 Å². The maximum Gasteiger partial charge on any atom is 0.254 e. The van der Waals surface area contributed by atoms with Gasteiger partial charge in [0.05, 0.1) is 0 Å². The van der Waals surface area contributed by atoms with Crippen LogP contribution in [0.2, 0.25) is 0 Å². The van der Waals surface area contributed by atoms with Crippen molar-refractivity contribution in [2.45, 2.75) is 167 Å². The zero-order valence-electron chi connectivity index (χ0n) is 24.5. The SMILES string of the molecule is CCCCCCCCCCCCN(CCCCCCCCCCCC)C(=O)[C@H](O)[C@@H](O)[C@@H](O)[C@H](O)C(N)=O. The second-order valence-corrected chi connectivity index (χ2v) is 11.0. The first kappa shape index (κ1) is 36.8. The number of carbonyl (C=O) groups excluding carboxylic acids is 2. The molecule has 0 heterocycles. The molecule has 38 heavy (non-hydrogen) atoms. The maximum absolute atomic E-state index is 13.0. The highest BCUT2D eigenvalue weighted by atomic mass is 16.4. The molecule has 0 spiro atoms. The molecular formula is C30H60N2O6. The lowest BCUT2D eigenvalue weighted by molar-refractivity contribution is -0.160. The van der Waals surface area contributed by atoms with Gasteiger partial charge in [-0.25, -0.2) is 0 Å². The highest BCUT2D eigenvalue weighted by Gasteiger charge is 2.38. The van der Waals surface area contributed by atoms with Crippen LogP contribution >= 0.6 is 0 Å². The Balaban J connectivity index is 4.57. The summed E-state index contributed by atoms with van der Waals surface area (Å²) in [6.45, 7) is 5.36. The Morgan fingerprint density at radius 3 is 1.13 bits per heavy atom. The first-order chi connectivity index (χ1) is 18.3. The van der Waals surface area contributed by atoms with Gasteiger partial charge in [-0.1, -0.05) is 129 Å². The third-order valence-electron chi connectivity index (χ3n) is 7.42. The normalized spacial score (nSPS) is 14.7. The Morgan fingerprint density at radius 2 is 0.816 bits per heavy atom. The first-order valence-corrected chi connectivity index (χ1v) is 15.6. The van der Waals surface area contributed by atoms with Gasteiger partial charge in [0.25, 0.3) is 5.91 Å². The number of hydrogen-bond acceptors (Lipinski definition) is 6. The van der Waals surface area contributed by atoms with Crippen molar-refractivity contribution in [2.75, 3.05) is 13.1 Å². The van der Waals surface area contributed by atoms with Crippen molar-refractivity contribution < 1.29 is 30.0 Å². The Labute approximate surface area is 232 Å². The minimum Gasteiger partial charge on any atom is -0.387 e. The number of hydrogen-bond donors (Lipinski definition) is 5. The van der Waals surface area contributed by atoms with Gasteiger partial charge >= 0.3 is 0 Å². The van der Waals surface area contributed by atoms with E-state index in [1.165, 1.54) is 89.9 Å². The van der Waals surface area contributed by atoms with E-state index in [0.717, 1.165) is 38.5 Å². The summed E-state index contributed by atoms with van der Waals surface area (Å²) in [5, 5.41) is 40.2. The first-order valence-electron chi connectivity index (χ1n) is 15.6. The lowest BCUT2D eigenvalue weighted by Gasteiger charge is -2.30. The number of amides is 2. The van der Waals surface area contributed by atoms with Crippen LogP contribution in [0.1, 0.15) is 142 Å². The molecule has 0 saturated heterocycles. The van der Waals surface area contributed by atoms with Crippen molar-refractivity contribution in [3.63, 3.8) is 0 Å². The molecule has 0 rings (SSSR count). The van der Waals surface area contributed by atoms with Crippen molar-refractivity contribution in [3.8, 4) is 0 Å². The van der Waals surface area contributed by atoms with E-state index in [9.17, 15) is 30.0 Å². The molecule has 0 aliphatic heterocycles. The molecular weight excluding hydrogens is 484 g/mol. The average Bonchev–Trinajstić information content (AvgIpc) is 2.91. The van der Waals surface area contributed by atoms with Crippen molar-refractivity contribution in [2.24, 2.45) is 5.73 Å². The number of nitrogens with two attached hydrogens (primary N) is 1. The summed E-state index contributed by atoms with van der Waals surface area (Å²) in [6.07, 6.45) is 15.4. The average molecular weight is 545 g/mol. The van der Waals surface area contributed by atoms with E-state index in [1.54, 1.807) is 4.90 Å². The zero-order chi connectivity index (χ0) is 28.6. The molecule has 0 fully saturated rings. The Morgan fingerprint density at radius 1 is 0.526 bits per heavy atom. The molecule has 226 valence electrons. The van der Waals surface area contributed by atoms with Crippen LogP contribution in [0.25, 0.3) is 0 Å². The summed E-state index contributed by atoms with van der Waals surface area (Å²) in [4.78, 5) is 25.6. The second kappa shape index (κ2) is 24.8. The van der Waals surface area contributed by atoms with Crippen molar-refractivity contribution >= 4 is 11.8 Å². The number of aliphatic hydroxyl groups excluding tert-OH is 4. The third-order valence-corrected chi connectivity index (χ3v) is 7.42. The summed E-state index contributed by atoms with van der Waals surface area (Å²) < 4.78 is 0. The second-order valence-electron chi connectivity index (χ2n) is 11.0. The number of unbranched alkanes of at least 4 members (excludes halogenated alkanes) is 18. The maximum atomic E-state index is 13.0. The molecule has 8 nitrogen and oxygen atoms in total. The number of rotatable bonds is 27. The molecule has 0 radical (unpaired) electrons. The largest absolute Gasteiger partial charge is 0.387 e. The molecule has 0 aliphatic carbocycles. The molecule has 4 atom stereocenters. The fraction of sp³-hybridized carbons (Fsp3) is 0.933. The number of carbonyl (C=O) groups is 2. The predicted molar refractivity (Wildman–Crippen MR) is 153 cm³/mol. The molecule has 2 amide bonds. The Kier molecular flexibility index (Phi) is 24.0. The minimum absolute atomic E-state index is 0.463. The predicted octanol–water partition coefficient (Wildman–Crippen LogP) is 4.59. The fourth-order valence-electron chi connectivity index (χ4n) is 4.79. The molecule has 0 saturated carbocycles. The van der Waals surface area contributed by atoms with E-state index in [4.69, 9.17) is 5.73 Å². The van der Waals surface area contributed by atoms with E-state index in [-0.39, 0.29) is 0 Å². The van der Waals surface area contributed by atoms with Crippen LogP contribution in [0.15, 0.2) is 0 Å². The Hall–Kier alpha value is -1.22. The summed E-state index contributed by atoms with van der Waals surface area (Å²) in [6, 6.07) is 0. The van der Waals surface area contributed by atoms with Crippen molar-refractivity contribution in [1.82, 2.24) is 4.90 Å². The van der Waals surface area contributed by atoms with Gasteiger partial charge in [-0.15, -0.1) is 0 Å². The van der Waals surface area contributed by atoms with Crippen LogP contribution < -0.4 is 5.73 Å². The van der Waals surface area contributed by atoms with Gasteiger partial charge < -0.3 is 31.1 Å². The minimum atomic E-state index is -2.06. The quantitative estimate of drug-likeness (QED) is 0.0957. The standard InChI is InChI=1S/C30H60N2O6/c1-3-5-7-9-11-13-15-17-19-21-23-32(24-22-20-18-16-14-12-10-8-6-4-2)30(38)28(36)26(34)25(33)27(35)29(31)37/h25-28,33-36H,3-24H2,1-2H3,(H2,31,37)/t25-,26+,27+,28-/m1/s1. The van der Waals surface area contributed by atoms with E-state index in [0.29, 0.717) is 13.1 Å². The van der Waals surface area contributed by atoms with Crippen LogP contribution in [0.5, 0.6) is 0 Å². The van der Waals surface area contributed by atoms with Crippen LogP contribution in [0.3, 0.4) is 0 Å². The van der Waals surface area contributed by atoms with E-state index >= 15 is 0 Å². The van der Waals surface area contributed by atoms with E-state index < -0.39 is 36.2 Å². The molecule has 0 bridgehead atoms. The van der Waals surface area contributed by atoms with E-state index in [2.05, 4.69) is 13.8 Å². The molecule has 0 aromatic heterocycles. The highest BCUT2D eigenvalue weighted by Crippen LogP contribution is 2.15. The van der Waals surface area contributed by atoms with Gasteiger partial charge in [-0.3, -0.25) is 9.59 Å². The fourth-order valence-corrected chi connectivity index (χ4v) is 4.79. The van der Waals surface area contributed by atoms with Crippen molar-refractivity contribution in [1.29, 1.82) is 0 Å². The van der Waals surface area contributed by atoms with E-state index in [1.807, 2.05) is 0 Å². The lowest BCUT2D eigenvalue weighted by atomic mass is 10.0. The molecule has 0 aromatic rings. The lowest BCUT2D eigenvalue weighted by Crippen LogP contribution is -2.54. The van der Waals surface area contributed by atoms with Gasteiger partial charge in [0, 0.05) is 13.1 Å². The number of nitrogens with zero attached hydrogens (tertiary/aromatic N) is 1. The van der Waals surface area contributed by atoms with Crippen LogP contribution in [0, 0.1) is 0 Å². The topological polar surface area (TPSA) is 144 Å². The van der Waals surface area contributed by atoms with Gasteiger partial charge in [-0.2, -0.15) is 0 Å². The molecule has 8 heteroatoms. The zero-order valence-corrected chi connectivity index (χ0v) is 24.5. The van der Waals surface area contributed by atoms with Gasteiger partial charge in [-0.05, 0) is 12.8 Å². The number of aliphatic hydroxyl groups is 4. The molecule has 0 unspecified atom stereocenters. The van der Waals surface area contributed by atoms with Crippen LogP contribution in [-0.4, -0.2) is 74.6 Å². The number of primary amides is 1. The highest BCUT2D eigenvalue weighted by molar-refractivity contribution is 5.82. The van der Waals surface area contributed by atoms with Crippen LogP contribution in [-0.2, 0) is 9.59 Å². The van der Waals surface area contributed by atoms with Gasteiger partial charge in [0.1, 0.15) is 12.2 Å². The Bertz CT molecular complexity index is 553. The summed E-state index contributed by atoms with van der Waals surface area (Å²) >= 11 is 0. The summed E-state index contributed by atoms with van der Waals surface area (Å²) in [5.74, 6) is -1.93. The molecule has 0 aromatic carbocycles. The smallest absolute Gasteiger partial charge is 0.254 e. The molecule has 6 N–H and O–H groups in total. The molecule has 0 aliphatic rings. The third kappa shape index (κ3) is 18.1. The van der Waals surface area contributed by atoms with Gasteiger partial charge in [0.2, 0.25) is 5.91 Å². The summed E-state index contributed by atoms with van der Waals surface area (Å²) in [7, 11) is 0. The van der Waals surface area contributed by atoms with Crippen LogP contribution in [0.4, 0.5) is 0 Å². The monoisotopic (exact) mass is 544 g/mol. The van der Waals surface area contributed by atoms with Crippen molar-refractivity contribution in [3.05, 3.63) is 0 Å².